The highest BCUT2D eigenvalue weighted by Crippen LogP contribution is 2.31. The summed E-state index contributed by atoms with van der Waals surface area (Å²) in [7, 11) is 0. The van der Waals surface area contributed by atoms with Crippen molar-refractivity contribution in [1.82, 2.24) is 20.1 Å². The topological polar surface area (TPSA) is 85.8 Å². The molecule has 0 bridgehead atoms. The predicted molar refractivity (Wildman–Crippen MR) is 88.9 cm³/mol. The van der Waals surface area contributed by atoms with Crippen molar-refractivity contribution in [3.8, 4) is 5.82 Å². The van der Waals surface area contributed by atoms with Crippen LogP contribution in [-0.2, 0) is 0 Å². The Labute approximate surface area is 141 Å². The Morgan fingerprint density at radius 2 is 2.14 bits per heavy atom. The summed E-state index contributed by atoms with van der Waals surface area (Å²) in [5.41, 5.74) is 6.34. The molecule has 2 heterocycles. The van der Waals surface area contributed by atoms with Crippen molar-refractivity contribution in [3.05, 3.63) is 42.4 Å². The lowest BCUT2D eigenvalue weighted by Gasteiger charge is -2.11. The molecular formula is C14H19Cl2N5O. The van der Waals surface area contributed by atoms with E-state index in [4.69, 9.17) is 5.73 Å². The minimum Gasteiger partial charge on any atom is -0.349 e. The summed E-state index contributed by atoms with van der Waals surface area (Å²) in [6, 6.07) is 7.14. The first-order valence-electron chi connectivity index (χ1n) is 6.75. The maximum Gasteiger partial charge on any atom is 0.270 e. The van der Waals surface area contributed by atoms with E-state index in [1.165, 1.54) is 12.8 Å². The van der Waals surface area contributed by atoms with Gasteiger partial charge in [-0.2, -0.15) is 5.10 Å². The molecule has 3 rings (SSSR count). The molecule has 1 fully saturated rings. The molecule has 1 aliphatic carbocycles. The summed E-state index contributed by atoms with van der Waals surface area (Å²) in [6.07, 6.45) is 5.80. The van der Waals surface area contributed by atoms with Gasteiger partial charge in [-0.3, -0.25) is 4.79 Å². The Morgan fingerprint density at radius 3 is 2.77 bits per heavy atom. The molecule has 3 N–H and O–H groups in total. The molecule has 1 atom stereocenters. The number of pyridine rings is 1. The Bertz CT molecular complexity index is 601. The number of carbonyl (C=O) groups excluding carboxylic acids is 1. The van der Waals surface area contributed by atoms with Crippen molar-refractivity contribution in [2.24, 2.45) is 11.7 Å². The number of amides is 1. The van der Waals surface area contributed by atoms with Gasteiger partial charge in [0.2, 0.25) is 0 Å². The van der Waals surface area contributed by atoms with Gasteiger partial charge in [0, 0.05) is 25.0 Å². The van der Waals surface area contributed by atoms with E-state index in [0.717, 1.165) is 0 Å². The van der Waals surface area contributed by atoms with Crippen LogP contribution in [0.25, 0.3) is 5.82 Å². The Morgan fingerprint density at radius 1 is 1.36 bits per heavy atom. The zero-order valence-electron chi connectivity index (χ0n) is 11.9. The number of nitrogens with one attached hydrogen (secondary N) is 1. The van der Waals surface area contributed by atoms with E-state index in [2.05, 4.69) is 15.4 Å². The second-order valence-electron chi connectivity index (χ2n) is 5.04. The van der Waals surface area contributed by atoms with Gasteiger partial charge in [0.1, 0.15) is 5.69 Å². The van der Waals surface area contributed by atoms with Gasteiger partial charge >= 0.3 is 0 Å². The third-order valence-electron chi connectivity index (χ3n) is 3.43. The molecule has 0 spiro atoms. The standard InChI is InChI=1S/C14H17N5O.2ClH/c15-11(10-5-6-10)9-16-14(20)12-3-1-4-13(18-12)19-8-2-7-17-19;;/h1-4,7-8,10-11H,5-6,9,15H2,(H,16,20);2*1H. The second kappa shape index (κ2) is 8.12. The summed E-state index contributed by atoms with van der Waals surface area (Å²) in [5, 5.41) is 6.93. The molecule has 2 aromatic rings. The van der Waals surface area contributed by atoms with Gasteiger partial charge in [0.15, 0.2) is 5.82 Å². The van der Waals surface area contributed by atoms with Crippen molar-refractivity contribution < 1.29 is 4.79 Å². The third-order valence-corrected chi connectivity index (χ3v) is 3.43. The van der Waals surface area contributed by atoms with Gasteiger partial charge in [-0.1, -0.05) is 6.07 Å². The van der Waals surface area contributed by atoms with E-state index in [1.54, 1.807) is 35.3 Å². The number of carbonyl (C=O) groups is 1. The fourth-order valence-electron chi connectivity index (χ4n) is 2.07. The summed E-state index contributed by atoms with van der Waals surface area (Å²) in [5.74, 6) is 0.989. The molecule has 0 aromatic carbocycles. The van der Waals surface area contributed by atoms with Crippen LogP contribution < -0.4 is 11.1 Å². The third kappa shape index (κ3) is 4.43. The summed E-state index contributed by atoms with van der Waals surface area (Å²) < 4.78 is 1.62. The molecule has 1 saturated carbocycles. The number of halogens is 2. The van der Waals surface area contributed by atoms with Crippen molar-refractivity contribution >= 4 is 30.7 Å². The molecular weight excluding hydrogens is 325 g/mol. The van der Waals surface area contributed by atoms with Crippen LogP contribution in [-0.4, -0.2) is 33.3 Å². The van der Waals surface area contributed by atoms with Crippen LogP contribution in [0.1, 0.15) is 23.3 Å². The minimum absolute atomic E-state index is 0. The summed E-state index contributed by atoms with van der Waals surface area (Å²) >= 11 is 0. The normalized spacial score (nSPS) is 14.4. The highest BCUT2D eigenvalue weighted by Gasteiger charge is 2.28. The molecule has 120 valence electrons. The van der Waals surface area contributed by atoms with Crippen LogP contribution in [0, 0.1) is 5.92 Å². The van der Waals surface area contributed by atoms with Crippen molar-refractivity contribution in [3.63, 3.8) is 0 Å². The van der Waals surface area contributed by atoms with E-state index in [9.17, 15) is 4.79 Å². The highest BCUT2D eigenvalue weighted by atomic mass is 35.5. The van der Waals surface area contributed by atoms with Gasteiger partial charge in [0.05, 0.1) is 0 Å². The van der Waals surface area contributed by atoms with Crippen LogP contribution >= 0.6 is 24.8 Å². The lowest BCUT2D eigenvalue weighted by atomic mass is 10.2. The average Bonchev–Trinajstić information content (AvgIpc) is 3.19. The van der Waals surface area contributed by atoms with Crippen LogP contribution in [0.15, 0.2) is 36.7 Å². The first-order chi connectivity index (χ1) is 9.74. The fourth-order valence-corrected chi connectivity index (χ4v) is 2.07. The predicted octanol–water partition coefficient (Wildman–Crippen LogP) is 1.58. The molecule has 0 saturated heterocycles. The first-order valence-corrected chi connectivity index (χ1v) is 6.75. The number of hydrogen-bond acceptors (Lipinski definition) is 4. The van der Waals surface area contributed by atoms with Crippen molar-refractivity contribution in [2.45, 2.75) is 18.9 Å². The van der Waals surface area contributed by atoms with Crippen LogP contribution in [0.2, 0.25) is 0 Å². The molecule has 2 aromatic heterocycles. The Balaban J connectivity index is 0.00000121. The number of nitrogens with zero attached hydrogens (tertiary/aromatic N) is 3. The Hall–Kier alpha value is -1.63. The largest absolute Gasteiger partial charge is 0.349 e. The second-order valence-corrected chi connectivity index (χ2v) is 5.04. The van der Waals surface area contributed by atoms with Crippen LogP contribution in [0.5, 0.6) is 0 Å². The minimum atomic E-state index is -0.199. The number of aromatic nitrogens is 3. The smallest absolute Gasteiger partial charge is 0.270 e. The zero-order chi connectivity index (χ0) is 13.9. The van der Waals surface area contributed by atoms with E-state index < -0.39 is 0 Å². The van der Waals surface area contributed by atoms with Crippen molar-refractivity contribution in [2.75, 3.05) is 6.54 Å². The molecule has 1 unspecified atom stereocenters. The molecule has 8 heteroatoms. The monoisotopic (exact) mass is 343 g/mol. The summed E-state index contributed by atoms with van der Waals surface area (Å²) in [6.45, 7) is 0.497. The van der Waals surface area contributed by atoms with E-state index in [-0.39, 0.29) is 36.8 Å². The highest BCUT2D eigenvalue weighted by molar-refractivity contribution is 5.92. The lowest BCUT2D eigenvalue weighted by molar-refractivity contribution is 0.0945. The van der Waals surface area contributed by atoms with Gasteiger partial charge in [-0.15, -0.1) is 24.8 Å². The maximum absolute atomic E-state index is 12.1. The van der Waals surface area contributed by atoms with E-state index >= 15 is 0 Å². The Kier molecular flexibility index (Phi) is 6.80. The number of hydrogen-bond donors (Lipinski definition) is 2. The molecule has 22 heavy (non-hydrogen) atoms. The average molecular weight is 344 g/mol. The number of nitrogens with two attached hydrogens (primary N) is 1. The molecule has 6 nitrogen and oxygen atoms in total. The summed E-state index contributed by atoms with van der Waals surface area (Å²) in [4.78, 5) is 16.4. The molecule has 0 aliphatic heterocycles. The van der Waals surface area contributed by atoms with Gasteiger partial charge in [-0.05, 0) is 37.0 Å². The quantitative estimate of drug-likeness (QED) is 0.862. The molecule has 0 radical (unpaired) electrons. The van der Waals surface area contributed by atoms with E-state index in [1.807, 2.05) is 6.07 Å². The molecule has 1 amide bonds. The maximum atomic E-state index is 12.1. The van der Waals surface area contributed by atoms with E-state index in [0.29, 0.717) is 24.0 Å². The van der Waals surface area contributed by atoms with Gasteiger partial charge < -0.3 is 11.1 Å². The first kappa shape index (κ1) is 18.4. The fraction of sp³-hybridized carbons (Fsp3) is 0.357. The van der Waals surface area contributed by atoms with Crippen LogP contribution in [0.3, 0.4) is 0 Å². The number of rotatable bonds is 5. The SMILES string of the molecule is Cl.Cl.NC(CNC(=O)c1cccc(-n2cccn2)n1)C1CC1. The van der Waals surface area contributed by atoms with Gasteiger partial charge in [-0.25, -0.2) is 9.67 Å². The van der Waals surface area contributed by atoms with Crippen molar-refractivity contribution in [1.29, 1.82) is 0 Å². The lowest BCUT2D eigenvalue weighted by Crippen LogP contribution is -2.38. The van der Waals surface area contributed by atoms with Gasteiger partial charge in [0.25, 0.3) is 5.91 Å². The zero-order valence-corrected chi connectivity index (χ0v) is 13.5. The van der Waals surface area contributed by atoms with Crippen LogP contribution in [0.4, 0.5) is 0 Å². The molecule has 1 aliphatic rings.